The summed E-state index contributed by atoms with van der Waals surface area (Å²) in [6.07, 6.45) is 1.52. The number of fused-ring (bicyclic) bond motifs is 1. The maximum absolute atomic E-state index is 13.0. The number of benzene rings is 2. The van der Waals surface area contributed by atoms with Crippen LogP contribution in [0.25, 0.3) is 11.1 Å². The fourth-order valence-corrected chi connectivity index (χ4v) is 3.45. The monoisotopic (exact) mass is 420 g/mol. The van der Waals surface area contributed by atoms with Crippen molar-refractivity contribution in [2.24, 2.45) is 0 Å². The lowest BCUT2D eigenvalue weighted by Crippen LogP contribution is -2.36. The highest BCUT2D eigenvalue weighted by atomic mass is 16.5. The van der Waals surface area contributed by atoms with E-state index in [1.54, 1.807) is 49.7 Å². The van der Waals surface area contributed by atoms with Crippen molar-refractivity contribution in [1.82, 2.24) is 9.78 Å². The van der Waals surface area contributed by atoms with Crippen molar-refractivity contribution in [3.63, 3.8) is 0 Å². The topological polar surface area (TPSA) is 112 Å². The van der Waals surface area contributed by atoms with Gasteiger partial charge in [0.2, 0.25) is 11.8 Å². The van der Waals surface area contributed by atoms with Crippen molar-refractivity contribution in [3.8, 4) is 16.9 Å². The first-order valence-electron chi connectivity index (χ1n) is 9.51. The van der Waals surface area contributed by atoms with Crippen LogP contribution in [-0.4, -0.2) is 41.8 Å². The second kappa shape index (κ2) is 8.31. The van der Waals surface area contributed by atoms with E-state index in [9.17, 15) is 14.4 Å². The molecule has 9 heteroatoms. The van der Waals surface area contributed by atoms with Crippen LogP contribution >= 0.6 is 0 Å². The molecule has 3 aromatic rings. The molecule has 0 unspecified atom stereocenters. The minimum absolute atomic E-state index is 0.0804. The molecule has 0 saturated heterocycles. The molecule has 9 nitrogen and oxygen atoms in total. The lowest BCUT2D eigenvalue weighted by Gasteiger charge is -2.25. The Morgan fingerprint density at radius 2 is 1.87 bits per heavy atom. The van der Waals surface area contributed by atoms with Crippen LogP contribution in [0.2, 0.25) is 0 Å². The maximum atomic E-state index is 13.0. The molecule has 2 aromatic carbocycles. The Hall–Kier alpha value is -4.14. The predicted octanol–water partition coefficient (Wildman–Crippen LogP) is 2.87. The molecule has 2 heterocycles. The summed E-state index contributed by atoms with van der Waals surface area (Å²) < 4.78 is 11.4. The number of amides is 2. The third-order valence-corrected chi connectivity index (χ3v) is 5.02. The average Bonchev–Trinajstić information content (AvgIpc) is 3.22. The van der Waals surface area contributed by atoms with E-state index in [2.05, 4.69) is 15.7 Å². The largest absolute Gasteiger partial charge is 0.497 e. The lowest BCUT2D eigenvalue weighted by atomic mass is 10.1. The molecule has 31 heavy (non-hydrogen) atoms. The number of carbonyl (C=O) groups excluding carboxylic acids is 3. The number of hydrogen-bond acceptors (Lipinski definition) is 6. The number of anilines is 2. The highest BCUT2D eigenvalue weighted by Gasteiger charge is 2.33. The molecular weight excluding hydrogens is 400 g/mol. The third kappa shape index (κ3) is 3.85. The average molecular weight is 420 g/mol. The first-order chi connectivity index (χ1) is 15.0. The Morgan fingerprint density at radius 1 is 1.13 bits per heavy atom. The van der Waals surface area contributed by atoms with Crippen molar-refractivity contribution < 1.29 is 23.9 Å². The lowest BCUT2D eigenvalue weighted by molar-refractivity contribution is -0.125. The number of nitrogens with one attached hydrogen (secondary N) is 2. The second-order valence-corrected chi connectivity index (χ2v) is 6.87. The van der Waals surface area contributed by atoms with E-state index in [4.69, 9.17) is 9.47 Å². The highest BCUT2D eigenvalue weighted by molar-refractivity contribution is 6.05. The van der Waals surface area contributed by atoms with Crippen molar-refractivity contribution in [3.05, 3.63) is 60.3 Å². The van der Waals surface area contributed by atoms with Crippen LogP contribution in [-0.2, 0) is 14.3 Å². The summed E-state index contributed by atoms with van der Waals surface area (Å²) in [7, 11) is 2.85. The number of nitrogens with zero attached hydrogens (tertiary/aromatic N) is 2. The molecule has 0 saturated carbocycles. The summed E-state index contributed by atoms with van der Waals surface area (Å²) in [6, 6.07) is 12.9. The fourth-order valence-electron chi connectivity index (χ4n) is 3.45. The number of aromatic nitrogens is 2. The first kappa shape index (κ1) is 20.1. The van der Waals surface area contributed by atoms with Gasteiger partial charge in [-0.3, -0.25) is 9.59 Å². The predicted molar refractivity (Wildman–Crippen MR) is 113 cm³/mol. The van der Waals surface area contributed by atoms with Gasteiger partial charge in [0.05, 0.1) is 38.1 Å². The molecule has 2 amide bonds. The van der Waals surface area contributed by atoms with Gasteiger partial charge in [-0.25, -0.2) is 9.48 Å². The summed E-state index contributed by atoms with van der Waals surface area (Å²) in [4.78, 5) is 37.4. The Kier molecular flexibility index (Phi) is 5.40. The fraction of sp³-hybridized carbons (Fsp3) is 0.182. The molecule has 1 aliphatic heterocycles. The number of esters is 1. The minimum atomic E-state index is -0.874. The van der Waals surface area contributed by atoms with Gasteiger partial charge in [-0.05, 0) is 29.8 Å². The maximum Gasteiger partial charge on any atom is 0.339 e. The van der Waals surface area contributed by atoms with E-state index in [0.717, 1.165) is 5.56 Å². The third-order valence-electron chi connectivity index (χ3n) is 5.02. The quantitative estimate of drug-likeness (QED) is 0.614. The van der Waals surface area contributed by atoms with Crippen molar-refractivity contribution in [2.75, 3.05) is 24.9 Å². The van der Waals surface area contributed by atoms with Crippen molar-refractivity contribution >= 4 is 29.3 Å². The SMILES string of the molecule is COC(=O)c1ccccc1NC(=O)[C@H]1CC(=O)Nc2c(-c3ccc(OC)cc3)cnn21. The Labute approximate surface area is 178 Å². The number of hydrogen-bond donors (Lipinski definition) is 2. The molecule has 1 aliphatic rings. The molecule has 0 fully saturated rings. The van der Waals surface area contributed by atoms with Gasteiger partial charge in [-0.2, -0.15) is 5.10 Å². The zero-order valence-corrected chi connectivity index (χ0v) is 16.9. The molecule has 4 rings (SSSR count). The summed E-state index contributed by atoms with van der Waals surface area (Å²) >= 11 is 0. The van der Waals surface area contributed by atoms with Crippen LogP contribution in [0.1, 0.15) is 22.8 Å². The second-order valence-electron chi connectivity index (χ2n) is 6.87. The van der Waals surface area contributed by atoms with E-state index < -0.39 is 17.9 Å². The van der Waals surface area contributed by atoms with E-state index in [1.165, 1.54) is 11.8 Å². The number of para-hydroxylation sites is 1. The smallest absolute Gasteiger partial charge is 0.339 e. The van der Waals surface area contributed by atoms with Crippen LogP contribution < -0.4 is 15.4 Å². The summed E-state index contributed by atoms with van der Waals surface area (Å²) in [5.41, 5.74) is 2.02. The van der Waals surface area contributed by atoms with Gasteiger partial charge in [-0.1, -0.05) is 24.3 Å². The highest BCUT2D eigenvalue weighted by Crippen LogP contribution is 2.35. The molecule has 158 valence electrons. The van der Waals surface area contributed by atoms with Gasteiger partial charge in [0, 0.05) is 5.56 Å². The number of carbonyl (C=O) groups is 3. The Bertz CT molecular complexity index is 1150. The van der Waals surface area contributed by atoms with Crippen molar-refractivity contribution in [1.29, 1.82) is 0 Å². The summed E-state index contributed by atoms with van der Waals surface area (Å²) in [5.74, 6) is -0.196. The molecule has 0 spiro atoms. The van der Waals surface area contributed by atoms with Crippen LogP contribution in [0.15, 0.2) is 54.7 Å². The molecule has 0 aliphatic carbocycles. The standard InChI is InChI=1S/C22H20N4O5/c1-30-14-9-7-13(8-10-14)16-12-23-26-18(11-19(27)25-20(16)26)21(28)24-17-6-4-3-5-15(17)22(29)31-2/h3-10,12,18H,11H2,1-2H3,(H,24,28)(H,25,27)/t18-/m1/s1. The normalized spacial score (nSPS) is 14.9. The van der Waals surface area contributed by atoms with E-state index in [0.29, 0.717) is 22.8 Å². The van der Waals surface area contributed by atoms with Crippen LogP contribution in [0, 0.1) is 0 Å². The Morgan fingerprint density at radius 3 is 2.58 bits per heavy atom. The van der Waals surface area contributed by atoms with Gasteiger partial charge < -0.3 is 20.1 Å². The van der Waals surface area contributed by atoms with Crippen LogP contribution in [0.5, 0.6) is 5.75 Å². The molecule has 2 N–H and O–H groups in total. The molecule has 1 atom stereocenters. The molecule has 0 radical (unpaired) electrons. The zero-order chi connectivity index (χ0) is 22.0. The number of rotatable bonds is 5. The van der Waals surface area contributed by atoms with Gasteiger partial charge in [0.1, 0.15) is 17.6 Å². The van der Waals surface area contributed by atoms with Crippen molar-refractivity contribution in [2.45, 2.75) is 12.5 Å². The summed E-state index contributed by atoms with van der Waals surface area (Å²) in [5, 5.41) is 9.87. The van der Waals surface area contributed by atoms with E-state index in [1.807, 2.05) is 12.1 Å². The number of ether oxygens (including phenoxy) is 2. The first-order valence-corrected chi connectivity index (χ1v) is 9.51. The van der Waals surface area contributed by atoms with Gasteiger partial charge in [0.15, 0.2) is 0 Å². The summed E-state index contributed by atoms with van der Waals surface area (Å²) in [6.45, 7) is 0. The zero-order valence-electron chi connectivity index (χ0n) is 16.9. The van der Waals surface area contributed by atoms with Gasteiger partial charge >= 0.3 is 5.97 Å². The van der Waals surface area contributed by atoms with E-state index >= 15 is 0 Å². The molecular formula is C22H20N4O5. The minimum Gasteiger partial charge on any atom is -0.497 e. The number of methoxy groups -OCH3 is 2. The molecule has 0 bridgehead atoms. The van der Waals surface area contributed by atoms with Gasteiger partial charge in [-0.15, -0.1) is 0 Å². The van der Waals surface area contributed by atoms with Gasteiger partial charge in [0.25, 0.3) is 0 Å². The van der Waals surface area contributed by atoms with Crippen LogP contribution in [0.4, 0.5) is 11.5 Å². The van der Waals surface area contributed by atoms with E-state index in [-0.39, 0.29) is 17.9 Å². The van der Waals surface area contributed by atoms with Crippen LogP contribution in [0.3, 0.4) is 0 Å². The molecule has 1 aromatic heterocycles. The Balaban J connectivity index is 1.65.